The first-order valence-corrected chi connectivity index (χ1v) is 9.84. The van der Waals surface area contributed by atoms with Gasteiger partial charge in [-0.25, -0.2) is 0 Å². The average Bonchev–Trinajstić information content (AvgIpc) is 2.56. The Kier molecular flexibility index (Phi) is 8.03. The van der Waals surface area contributed by atoms with E-state index in [1.54, 1.807) is 0 Å². The lowest BCUT2D eigenvalue weighted by Crippen LogP contribution is -2.47. The molecule has 5 heteroatoms. The van der Waals surface area contributed by atoms with Crippen LogP contribution in [0.5, 0.6) is 0 Å². The Balaban J connectivity index is 1.58. The Bertz CT molecular complexity index is 405. The van der Waals surface area contributed by atoms with E-state index in [4.69, 9.17) is 10.8 Å². The van der Waals surface area contributed by atoms with Crippen molar-refractivity contribution >= 4 is 11.9 Å². The van der Waals surface area contributed by atoms with Crippen molar-refractivity contribution in [3.8, 4) is 0 Å². The van der Waals surface area contributed by atoms with Gasteiger partial charge in [-0.3, -0.25) is 9.59 Å². The van der Waals surface area contributed by atoms with Crippen LogP contribution in [0.1, 0.15) is 83.5 Å². The molecule has 2 saturated carbocycles. The Morgan fingerprint density at radius 3 is 2.33 bits per heavy atom. The van der Waals surface area contributed by atoms with E-state index < -0.39 is 5.97 Å². The van der Waals surface area contributed by atoms with Gasteiger partial charge in [0.1, 0.15) is 0 Å². The first kappa shape index (κ1) is 19.2. The second-order valence-electron chi connectivity index (χ2n) is 7.77. The Morgan fingerprint density at radius 1 is 0.958 bits per heavy atom. The van der Waals surface area contributed by atoms with Crippen LogP contribution in [-0.2, 0) is 9.59 Å². The standard InChI is InChI=1S/C19H34N2O3/c20-17-8-5-4-7-16(17)19(24)21-15-12-10-14(11-13-15)6-2-1-3-9-18(22)23/h14-17H,1-13,20H2,(H,21,24)(H,22,23). The summed E-state index contributed by atoms with van der Waals surface area (Å²) in [6, 6.07) is 0.371. The highest BCUT2D eigenvalue weighted by Crippen LogP contribution is 2.29. The molecule has 4 N–H and O–H groups in total. The lowest BCUT2D eigenvalue weighted by atomic mass is 9.81. The third kappa shape index (κ3) is 6.42. The van der Waals surface area contributed by atoms with Gasteiger partial charge in [-0.2, -0.15) is 0 Å². The average molecular weight is 338 g/mol. The molecular formula is C19H34N2O3. The number of amides is 1. The van der Waals surface area contributed by atoms with Crippen molar-refractivity contribution in [1.82, 2.24) is 5.32 Å². The van der Waals surface area contributed by atoms with Crippen LogP contribution < -0.4 is 11.1 Å². The number of nitrogens with one attached hydrogen (secondary N) is 1. The van der Waals surface area contributed by atoms with Gasteiger partial charge in [-0.1, -0.05) is 32.1 Å². The molecule has 1 amide bonds. The van der Waals surface area contributed by atoms with Gasteiger partial charge < -0.3 is 16.2 Å². The number of carboxylic acid groups (broad SMARTS) is 1. The number of aliphatic carboxylic acids is 1. The molecule has 0 saturated heterocycles. The van der Waals surface area contributed by atoms with E-state index in [0.717, 1.165) is 63.7 Å². The lowest BCUT2D eigenvalue weighted by molar-refractivity contribution is -0.137. The summed E-state index contributed by atoms with van der Waals surface area (Å²) >= 11 is 0. The Hall–Kier alpha value is -1.10. The van der Waals surface area contributed by atoms with Crippen molar-refractivity contribution in [2.45, 2.75) is 95.6 Å². The predicted molar refractivity (Wildman–Crippen MR) is 94.5 cm³/mol. The first-order chi connectivity index (χ1) is 11.6. The van der Waals surface area contributed by atoms with Gasteiger partial charge in [-0.05, 0) is 50.9 Å². The summed E-state index contributed by atoms with van der Waals surface area (Å²) in [5.41, 5.74) is 6.11. The van der Waals surface area contributed by atoms with Gasteiger partial charge in [-0.15, -0.1) is 0 Å². The van der Waals surface area contributed by atoms with E-state index >= 15 is 0 Å². The Morgan fingerprint density at radius 2 is 1.67 bits per heavy atom. The minimum absolute atomic E-state index is 0.0192. The number of hydrogen-bond acceptors (Lipinski definition) is 3. The smallest absolute Gasteiger partial charge is 0.303 e. The molecular weight excluding hydrogens is 304 g/mol. The van der Waals surface area contributed by atoms with Crippen LogP contribution in [0.25, 0.3) is 0 Å². The molecule has 2 aliphatic carbocycles. The fourth-order valence-electron chi connectivity index (χ4n) is 4.27. The largest absolute Gasteiger partial charge is 0.481 e. The van der Waals surface area contributed by atoms with Crippen molar-refractivity contribution in [2.75, 3.05) is 0 Å². The number of nitrogens with two attached hydrogens (primary N) is 1. The molecule has 24 heavy (non-hydrogen) atoms. The van der Waals surface area contributed by atoms with Crippen LogP contribution in [0.3, 0.4) is 0 Å². The molecule has 138 valence electrons. The molecule has 0 bridgehead atoms. The molecule has 0 spiro atoms. The normalized spacial score (nSPS) is 30.7. The highest BCUT2D eigenvalue weighted by Gasteiger charge is 2.30. The number of rotatable bonds is 8. The van der Waals surface area contributed by atoms with Gasteiger partial charge in [0.25, 0.3) is 0 Å². The molecule has 0 radical (unpaired) electrons. The lowest BCUT2D eigenvalue weighted by Gasteiger charge is -2.32. The predicted octanol–water partition coefficient (Wildman–Crippen LogP) is 3.21. The summed E-state index contributed by atoms with van der Waals surface area (Å²) < 4.78 is 0. The van der Waals surface area contributed by atoms with Gasteiger partial charge >= 0.3 is 5.97 Å². The highest BCUT2D eigenvalue weighted by atomic mass is 16.4. The molecule has 2 aliphatic rings. The molecule has 0 aromatic heterocycles. The van der Waals surface area contributed by atoms with Crippen molar-refractivity contribution in [3.05, 3.63) is 0 Å². The van der Waals surface area contributed by atoms with E-state index in [0.29, 0.717) is 12.5 Å². The van der Waals surface area contributed by atoms with Crippen LogP contribution in [0.15, 0.2) is 0 Å². The Labute approximate surface area is 145 Å². The SMILES string of the molecule is NC1CCCCC1C(=O)NC1CCC(CCCCCC(=O)O)CC1. The number of unbranched alkanes of at least 4 members (excludes halogenated alkanes) is 2. The van der Waals surface area contributed by atoms with Crippen LogP contribution in [0.4, 0.5) is 0 Å². The second kappa shape index (κ2) is 10.0. The fourth-order valence-corrected chi connectivity index (χ4v) is 4.27. The van der Waals surface area contributed by atoms with Crippen LogP contribution >= 0.6 is 0 Å². The van der Waals surface area contributed by atoms with E-state index in [1.165, 1.54) is 19.3 Å². The summed E-state index contributed by atoms with van der Waals surface area (Å²) in [5.74, 6) is 0.258. The topological polar surface area (TPSA) is 92.4 Å². The van der Waals surface area contributed by atoms with Crippen molar-refractivity contribution in [1.29, 1.82) is 0 Å². The molecule has 0 aromatic carbocycles. The molecule has 5 nitrogen and oxygen atoms in total. The van der Waals surface area contributed by atoms with Gasteiger partial charge in [0.05, 0.1) is 5.92 Å². The molecule has 2 fully saturated rings. The van der Waals surface area contributed by atoms with E-state index in [9.17, 15) is 9.59 Å². The molecule has 0 aromatic rings. The second-order valence-corrected chi connectivity index (χ2v) is 7.77. The fraction of sp³-hybridized carbons (Fsp3) is 0.895. The van der Waals surface area contributed by atoms with E-state index in [-0.39, 0.29) is 17.9 Å². The molecule has 2 rings (SSSR count). The molecule has 2 unspecified atom stereocenters. The summed E-state index contributed by atoms with van der Waals surface area (Å²) in [5, 5.41) is 11.9. The number of carbonyl (C=O) groups is 2. The van der Waals surface area contributed by atoms with Crippen molar-refractivity contribution in [3.63, 3.8) is 0 Å². The summed E-state index contributed by atoms with van der Waals surface area (Å²) in [6.45, 7) is 0. The first-order valence-electron chi connectivity index (χ1n) is 9.84. The molecule has 2 atom stereocenters. The maximum Gasteiger partial charge on any atom is 0.303 e. The van der Waals surface area contributed by atoms with Gasteiger partial charge in [0, 0.05) is 18.5 Å². The number of hydrogen-bond donors (Lipinski definition) is 3. The van der Waals surface area contributed by atoms with Crippen LogP contribution in [0, 0.1) is 11.8 Å². The minimum Gasteiger partial charge on any atom is -0.481 e. The van der Waals surface area contributed by atoms with E-state index in [2.05, 4.69) is 5.32 Å². The van der Waals surface area contributed by atoms with E-state index in [1.807, 2.05) is 0 Å². The van der Waals surface area contributed by atoms with Crippen LogP contribution in [-0.4, -0.2) is 29.1 Å². The zero-order valence-electron chi connectivity index (χ0n) is 14.8. The number of carbonyl (C=O) groups excluding carboxylic acids is 1. The van der Waals surface area contributed by atoms with Gasteiger partial charge in [0.2, 0.25) is 5.91 Å². The third-order valence-corrected chi connectivity index (χ3v) is 5.85. The monoisotopic (exact) mass is 338 g/mol. The van der Waals surface area contributed by atoms with Crippen molar-refractivity contribution < 1.29 is 14.7 Å². The van der Waals surface area contributed by atoms with Crippen molar-refractivity contribution in [2.24, 2.45) is 17.6 Å². The number of carboxylic acids is 1. The summed E-state index contributed by atoms with van der Waals surface area (Å²) in [6.07, 6.45) is 13.2. The molecule has 0 aliphatic heterocycles. The zero-order chi connectivity index (χ0) is 17.4. The molecule has 0 heterocycles. The highest BCUT2D eigenvalue weighted by molar-refractivity contribution is 5.79. The third-order valence-electron chi connectivity index (χ3n) is 5.85. The summed E-state index contributed by atoms with van der Waals surface area (Å²) in [7, 11) is 0. The zero-order valence-corrected chi connectivity index (χ0v) is 14.8. The quantitative estimate of drug-likeness (QED) is 0.593. The van der Waals surface area contributed by atoms with Crippen LogP contribution in [0.2, 0.25) is 0 Å². The van der Waals surface area contributed by atoms with Gasteiger partial charge in [0.15, 0.2) is 0 Å². The maximum atomic E-state index is 12.4. The minimum atomic E-state index is -0.691. The maximum absolute atomic E-state index is 12.4. The summed E-state index contributed by atoms with van der Waals surface area (Å²) in [4.78, 5) is 22.9.